The molecule has 0 unspecified atom stereocenters. The largest absolute Gasteiger partial charge is 0.497 e. The predicted octanol–water partition coefficient (Wildman–Crippen LogP) is 4.61. The van der Waals surface area contributed by atoms with Gasteiger partial charge in [0.1, 0.15) is 17.1 Å². The van der Waals surface area contributed by atoms with Crippen LogP contribution in [0.3, 0.4) is 0 Å². The second-order valence-corrected chi connectivity index (χ2v) is 8.01. The van der Waals surface area contributed by atoms with Gasteiger partial charge in [-0.25, -0.2) is 19.4 Å². The Morgan fingerprint density at radius 1 is 0.923 bits per heavy atom. The number of esters is 1. The SMILES string of the molecule is COC(=O)c1cc(-c2cnc(Nc3cc(OC)cc(OC)c3)nc2-n2nc(C(F)(F)F)cc2C)cnc1OC. The maximum Gasteiger partial charge on any atom is 0.435 e. The van der Waals surface area contributed by atoms with Crippen molar-refractivity contribution in [1.29, 1.82) is 0 Å². The predicted molar refractivity (Wildman–Crippen MR) is 133 cm³/mol. The minimum Gasteiger partial charge on any atom is -0.497 e. The fraction of sp³-hybridized carbons (Fsp3) is 0.240. The number of nitrogens with one attached hydrogen (secondary N) is 1. The minimum atomic E-state index is -4.68. The molecule has 0 aliphatic carbocycles. The summed E-state index contributed by atoms with van der Waals surface area (Å²) in [6.07, 6.45) is -1.93. The van der Waals surface area contributed by atoms with E-state index in [1.807, 2.05) is 0 Å². The Balaban J connectivity index is 1.89. The van der Waals surface area contributed by atoms with Crippen LogP contribution in [0.15, 0.2) is 42.7 Å². The molecule has 204 valence electrons. The van der Waals surface area contributed by atoms with E-state index in [9.17, 15) is 18.0 Å². The van der Waals surface area contributed by atoms with Gasteiger partial charge in [0, 0.05) is 53.1 Å². The molecule has 14 heteroatoms. The van der Waals surface area contributed by atoms with Crippen molar-refractivity contribution < 1.29 is 36.9 Å². The van der Waals surface area contributed by atoms with Crippen LogP contribution < -0.4 is 19.5 Å². The minimum absolute atomic E-state index is 0.00172. The van der Waals surface area contributed by atoms with Crippen molar-refractivity contribution >= 4 is 17.6 Å². The molecule has 11 nitrogen and oxygen atoms in total. The summed E-state index contributed by atoms with van der Waals surface area (Å²) < 4.78 is 62.0. The molecule has 0 saturated heterocycles. The third kappa shape index (κ3) is 5.68. The molecule has 0 atom stereocenters. The Morgan fingerprint density at radius 3 is 2.18 bits per heavy atom. The molecule has 0 radical (unpaired) electrons. The molecular formula is C25H23F3N6O5. The smallest absolute Gasteiger partial charge is 0.435 e. The first kappa shape index (κ1) is 27.2. The van der Waals surface area contributed by atoms with Gasteiger partial charge in [-0.2, -0.15) is 23.3 Å². The van der Waals surface area contributed by atoms with E-state index >= 15 is 0 Å². The summed E-state index contributed by atoms with van der Waals surface area (Å²) in [5.41, 5.74) is 0.110. The van der Waals surface area contributed by atoms with Gasteiger partial charge in [-0.05, 0) is 19.1 Å². The van der Waals surface area contributed by atoms with Crippen molar-refractivity contribution in [3.05, 3.63) is 59.7 Å². The Hall–Kier alpha value is -4.88. The van der Waals surface area contributed by atoms with Gasteiger partial charge in [-0.3, -0.25) is 0 Å². The second-order valence-electron chi connectivity index (χ2n) is 8.01. The number of ether oxygens (including phenoxy) is 4. The Kier molecular flexibility index (Phi) is 7.56. The van der Waals surface area contributed by atoms with Crippen molar-refractivity contribution in [3.8, 4) is 34.3 Å². The second kappa shape index (κ2) is 10.8. The van der Waals surface area contributed by atoms with Crippen LogP contribution >= 0.6 is 0 Å². The number of benzene rings is 1. The van der Waals surface area contributed by atoms with Gasteiger partial charge < -0.3 is 24.3 Å². The average Bonchev–Trinajstić information content (AvgIpc) is 3.34. The highest BCUT2D eigenvalue weighted by Crippen LogP contribution is 2.34. The van der Waals surface area contributed by atoms with Gasteiger partial charge in [0.15, 0.2) is 11.5 Å². The molecule has 0 amide bonds. The Bertz CT molecular complexity index is 1500. The third-order valence-electron chi connectivity index (χ3n) is 5.52. The lowest BCUT2D eigenvalue weighted by molar-refractivity contribution is -0.141. The summed E-state index contributed by atoms with van der Waals surface area (Å²) in [5.74, 6) is 0.314. The summed E-state index contributed by atoms with van der Waals surface area (Å²) in [6.45, 7) is 1.46. The number of carbonyl (C=O) groups is 1. The molecule has 0 saturated carbocycles. The fourth-order valence-corrected chi connectivity index (χ4v) is 3.65. The third-order valence-corrected chi connectivity index (χ3v) is 5.52. The van der Waals surface area contributed by atoms with Gasteiger partial charge >= 0.3 is 12.1 Å². The normalized spacial score (nSPS) is 11.2. The quantitative estimate of drug-likeness (QED) is 0.315. The summed E-state index contributed by atoms with van der Waals surface area (Å²) in [7, 11) is 5.52. The van der Waals surface area contributed by atoms with E-state index < -0.39 is 17.8 Å². The maximum atomic E-state index is 13.5. The lowest BCUT2D eigenvalue weighted by Gasteiger charge is -2.15. The van der Waals surface area contributed by atoms with Gasteiger partial charge in [0.25, 0.3) is 0 Å². The van der Waals surface area contributed by atoms with Crippen molar-refractivity contribution in [2.24, 2.45) is 0 Å². The molecule has 1 N–H and O–H groups in total. The van der Waals surface area contributed by atoms with Crippen LogP contribution in [0.4, 0.5) is 24.8 Å². The molecule has 3 heterocycles. The van der Waals surface area contributed by atoms with E-state index in [4.69, 9.17) is 18.9 Å². The van der Waals surface area contributed by atoms with Crippen molar-refractivity contribution in [2.45, 2.75) is 13.1 Å². The average molecular weight is 544 g/mol. The number of hydrogen-bond donors (Lipinski definition) is 1. The van der Waals surface area contributed by atoms with Crippen LogP contribution in [0.25, 0.3) is 16.9 Å². The van der Waals surface area contributed by atoms with Crippen LogP contribution in [0, 0.1) is 6.92 Å². The van der Waals surface area contributed by atoms with E-state index in [0.29, 0.717) is 22.7 Å². The first-order valence-corrected chi connectivity index (χ1v) is 11.2. The highest BCUT2D eigenvalue weighted by molar-refractivity contribution is 5.93. The van der Waals surface area contributed by atoms with E-state index in [1.54, 1.807) is 18.2 Å². The number of methoxy groups -OCH3 is 4. The van der Waals surface area contributed by atoms with Crippen LogP contribution in [0.5, 0.6) is 17.4 Å². The number of halogens is 3. The number of carbonyl (C=O) groups excluding carboxylic acids is 1. The number of aryl methyl sites for hydroxylation is 1. The summed E-state index contributed by atoms with van der Waals surface area (Å²) in [6, 6.07) is 7.32. The van der Waals surface area contributed by atoms with Crippen LogP contribution in [-0.4, -0.2) is 59.1 Å². The fourth-order valence-electron chi connectivity index (χ4n) is 3.65. The summed E-state index contributed by atoms with van der Waals surface area (Å²) in [4.78, 5) is 25.3. The molecule has 0 spiro atoms. The molecule has 3 aromatic heterocycles. The number of pyridine rings is 1. The van der Waals surface area contributed by atoms with E-state index in [2.05, 4.69) is 25.4 Å². The first-order chi connectivity index (χ1) is 18.6. The number of aromatic nitrogens is 5. The molecule has 39 heavy (non-hydrogen) atoms. The number of rotatable bonds is 8. The number of hydrogen-bond acceptors (Lipinski definition) is 10. The van der Waals surface area contributed by atoms with E-state index in [-0.39, 0.29) is 34.5 Å². The van der Waals surface area contributed by atoms with E-state index in [1.165, 1.54) is 53.8 Å². The lowest BCUT2D eigenvalue weighted by atomic mass is 10.1. The zero-order valence-electron chi connectivity index (χ0n) is 21.5. The molecule has 1 aromatic carbocycles. The number of alkyl halides is 3. The van der Waals surface area contributed by atoms with Crippen molar-refractivity contribution in [1.82, 2.24) is 24.7 Å². The zero-order chi connectivity index (χ0) is 28.3. The molecule has 4 aromatic rings. The van der Waals surface area contributed by atoms with E-state index in [0.717, 1.165) is 10.7 Å². The molecule has 4 rings (SSSR count). The molecule has 0 aliphatic rings. The standard InChI is InChI=1S/C25H23F3N6O5/c1-13-6-20(25(26,27)28)33-34(13)21-19(14-7-18(23(35)39-5)22(38-4)29-11-14)12-30-24(32-21)31-15-8-16(36-2)10-17(9-15)37-3/h6-12H,1-5H3,(H,30,31,32). The Labute approximate surface area is 220 Å². The summed E-state index contributed by atoms with van der Waals surface area (Å²) in [5, 5.41) is 6.75. The van der Waals surface area contributed by atoms with Crippen molar-refractivity contribution in [3.63, 3.8) is 0 Å². The number of anilines is 2. The monoisotopic (exact) mass is 544 g/mol. The first-order valence-electron chi connectivity index (χ1n) is 11.2. The molecule has 0 aliphatic heterocycles. The van der Waals surface area contributed by atoms with Crippen LogP contribution in [0.2, 0.25) is 0 Å². The van der Waals surface area contributed by atoms with Crippen LogP contribution in [0.1, 0.15) is 21.7 Å². The number of nitrogens with zero attached hydrogens (tertiary/aromatic N) is 5. The highest BCUT2D eigenvalue weighted by Gasteiger charge is 2.35. The topological polar surface area (TPSA) is 123 Å². The van der Waals surface area contributed by atoms with Gasteiger partial charge in [0.2, 0.25) is 11.8 Å². The van der Waals surface area contributed by atoms with Crippen molar-refractivity contribution in [2.75, 3.05) is 33.8 Å². The zero-order valence-corrected chi connectivity index (χ0v) is 21.5. The highest BCUT2D eigenvalue weighted by atomic mass is 19.4. The van der Waals surface area contributed by atoms with Gasteiger partial charge in [-0.15, -0.1) is 0 Å². The molecule has 0 fully saturated rings. The van der Waals surface area contributed by atoms with Gasteiger partial charge in [0.05, 0.1) is 28.4 Å². The van der Waals surface area contributed by atoms with Crippen LogP contribution in [-0.2, 0) is 10.9 Å². The lowest BCUT2D eigenvalue weighted by Crippen LogP contribution is -2.11. The van der Waals surface area contributed by atoms with Gasteiger partial charge in [-0.1, -0.05) is 0 Å². The maximum absolute atomic E-state index is 13.5. The molecule has 0 bridgehead atoms. The molecular weight excluding hydrogens is 521 g/mol. The Morgan fingerprint density at radius 2 is 1.62 bits per heavy atom. The summed E-state index contributed by atoms with van der Waals surface area (Å²) >= 11 is 0.